The van der Waals surface area contributed by atoms with Gasteiger partial charge < -0.3 is 10.8 Å². The highest BCUT2D eigenvalue weighted by Gasteiger charge is 2.01. The Morgan fingerprint density at radius 2 is 2.11 bits per heavy atom. The Morgan fingerprint density at radius 1 is 1.44 bits per heavy atom. The molecule has 0 aliphatic heterocycles. The number of halogens is 1. The maximum Gasteiger partial charge on any atom is 0.196 e. The molecule has 4 N–H and O–H groups in total. The second kappa shape index (κ2) is 2.25. The summed E-state index contributed by atoms with van der Waals surface area (Å²) in [5.41, 5.74) is 4.10. The molecule has 48 valence electrons. The summed E-state index contributed by atoms with van der Waals surface area (Å²) >= 11 is 5.52. The standard InChI is InChI=1S/C6H6ClNO/c7-4-2-1-3-5(8)6(4)9/h1-3,9H,8H2/p+1. The van der Waals surface area contributed by atoms with Gasteiger partial charge in [-0.25, -0.2) is 0 Å². The topological polar surface area (TPSA) is 47.9 Å². The van der Waals surface area contributed by atoms with Crippen LogP contribution >= 0.6 is 11.6 Å². The van der Waals surface area contributed by atoms with E-state index in [1.807, 2.05) is 0 Å². The van der Waals surface area contributed by atoms with E-state index in [1.165, 1.54) is 0 Å². The van der Waals surface area contributed by atoms with Crippen LogP contribution in [0.2, 0.25) is 5.02 Å². The molecular weight excluding hydrogens is 138 g/mol. The van der Waals surface area contributed by atoms with Crippen LogP contribution in [0, 0.1) is 0 Å². The van der Waals surface area contributed by atoms with Gasteiger partial charge in [0, 0.05) is 6.07 Å². The summed E-state index contributed by atoms with van der Waals surface area (Å²) in [6, 6.07) is 5.05. The molecule has 0 amide bonds. The average molecular weight is 145 g/mol. The first kappa shape index (κ1) is 6.39. The lowest BCUT2D eigenvalue weighted by molar-refractivity contribution is -0.256. The highest BCUT2D eigenvalue weighted by Crippen LogP contribution is 2.26. The van der Waals surface area contributed by atoms with E-state index in [0.717, 1.165) is 0 Å². The average Bonchev–Trinajstić information content (AvgIpc) is 1.83. The monoisotopic (exact) mass is 144 g/mol. The van der Waals surface area contributed by atoms with Crippen molar-refractivity contribution in [2.24, 2.45) is 0 Å². The molecule has 0 atom stereocenters. The maximum absolute atomic E-state index is 9.01. The molecule has 0 aliphatic rings. The van der Waals surface area contributed by atoms with E-state index in [1.54, 1.807) is 18.2 Å². The van der Waals surface area contributed by atoms with Crippen molar-refractivity contribution in [3.8, 4) is 5.75 Å². The molecule has 0 bridgehead atoms. The SMILES string of the molecule is [NH3+]c1cccc(Cl)c1O. The van der Waals surface area contributed by atoms with Crippen LogP contribution in [0.3, 0.4) is 0 Å². The van der Waals surface area contributed by atoms with Gasteiger partial charge in [-0.15, -0.1) is 0 Å². The minimum atomic E-state index is 0.0687. The largest absolute Gasteiger partial charge is 0.502 e. The van der Waals surface area contributed by atoms with Gasteiger partial charge in [-0.05, 0) is 6.07 Å². The van der Waals surface area contributed by atoms with Crippen molar-refractivity contribution < 1.29 is 10.8 Å². The number of phenolic OH excluding ortho intramolecular Hbond substituents is 1. The van der Waals surface area contributed by atoms with E-state index in [2.05, 4.69) is 5.73 Å². The van der Waals surface area contributed by atoms with Gasteiger partial charge in [0.2, 0.25) is 0 Å². The summed E-state index contributed by atoms with van der Waals surface area (Å²) in [4.78, 5) is 0. The summed E-state index contributed by atoms with van der Waals surface area (Å²) < 4.78 is 0. The fraction of sp³-hybridized carbons (Fsp3) is 0. The molecular formula is C6H7ClNO+. The van der Waals surface area contributed by atoms with Crippen LogP contribution in [-0.2, 0) is 0 Å². The van der Waals surface area contributed by atoms with Gasteiger partial charge >= 0.3 is 0 Å². The van der Waals surface area contributed by atoms with E-state index in [4.69, 9.17) is 16.7 Å². The zero-order valence-corrected chi connectivity index (χ0v) is 5.52. The van der Waals surface area contributed by atoms with Crippen molar-refractivity contribution in [3.05, 3.63) is 23.2 Å². The zero-order chi connectivity index (χ0) is 6.85. The Hall–Kier alpha value is -0.730. The van der Waals surface area contributed by atoms with Gasteiger partial charge in [0.1, 0.15) is 0 Å². The lowest BCUT2D eigenvalue weighted by Gasteiger charge is -1.93. The maximum atomic E-state index is 9.01. The second-order valence-corrected chi connectivity index (χ2v) is 2.15. The fourth-order valence-corrected chi connectivity index (χ4v) is 0.754. The first-order valence-electron chi connectivity index (χ1n) is 2.51. The van der Waals surface area contributed by atoms with Crippen LogP contribution in [-0.4, -0.2) is 5.11 Å². The minimum absolute atomic E-state index is 0.0687. The van der Waals surface area contributed by atoms with Crippen LogP contribution in [0.1, 0.15) is 0 Å². The second-order valence-electron chi connectivity index (χ2n) is 1.75. The van der Waals surface area contributed by atoms with Gasteiger partial charge in [0.25, 0.3) is 0 Å². The van der Waals surface area contributed by atoms with E-state index in [9.17, 15) is 0 Å². The Labute approximate surface area is 57.9 Å². The molecule has 9 heavy (non-hydrogen) atoms. The Kier molecular flexibility index (Phi) is 1.60. The van der Waals surface area contributed by atoms with Crippen molar-refractivity contribution in [2.45, 2.75) is 0 Å². The molecule has 0 fully saturated rings. The molecule has 0 heterocycles. The number of hydrogen-bond donors (Lipinski definition) is 2. The summed E-state index contributed by atoms with van der Waals surface area (Å²) in [6.07, 6.45) is 0. The lowest BCUT2D eigenvalue weighted by atomic mass is 10.3. The van der Waals surface area contributed by atoms with Gasteiger partial charge in [0.15, 0.2) is 11.4 Å². The third-order valence-corrected chi connectivity index (χ3v) is 1.38. The minimum Gasteiger partial charge on any atom is -0.502 e. The Bertz CT molecular complexity index is 204. The molecule has 0 saturated carbocycles. The van der Waals surface area contributed by atoms with Crippen molar-refractivity contribution in [1.82, 2.24) is 0 Å². The lowest BCUT2D eigenvalue weighted by Crippen LogP contribution is -2.40. The van der Waals surface area contributed by atoms with Crippen LogP contribution in [0.25, 0.3) is 0 Å². The molecule has 0 unspecified atom stereocenters. The predicted octanol–water partition coefficient (Wildman–Crippen LogP) is 0.919. The summed E-state index contributed by atoms with van der Waals surface area (Å²) in [5.74, 6) is 0.0687. The number of quaternary nitrogens is 1. The van der Waals surface area contributed by atoms with Gasteiger partial charge in [-0.2, -0.15) is 0 Å². The zero-order valence-electron chi connectivity index (χ0n) is 4.76. The number of rotatable bonds is 0. The van der Waals surface area contributed by atoms with Crippen molar-refractivity contribution in [1.29, 1.82) is 0 Å². The van der Waals surface area contributed by atoms with Gasteiger partial charge in [-0.3, -0.25) is 0 Å². The third-order valence-electron chi connectivity index (χ3n) is 1.07. The molecule has 1 rings (SSSR count). The molecule has 0 aliphatic carbocycles. The number of phenols is 1. The van der Waals surface area contributed by atoms with Crippen LogP contribution in [0.4, 0.5) is 5.69 Å². The van der Waals surface area contributed by atoms with Crippen LogP contribution in [0.15, 0.2) is 18.2 Å². The molecule has 0 radical (unpaired) electrons. The van der Waals surface area contributed by atoms with Gasteiger partial charge in [0.05, 0.1) is 5.02 Å². The van der Waals surface area contributed by atoms with E-state index in [-0.39, 0.29) is 5.75 Å². The summed E-state index contributed by atoms with van der Waals surface area (Å²) in [5, 5.41) is 9.36. The first-order chi connectivity index (χ1) is 4.22. The fourth-order valence-electron chi connectivity index (χ4n) is 0.560. The molecule has 0 aromatic heterocycles. The normalized spacial score (nSPS) is 9.56. The molecule has 3 heteroatoms. The van der Waals surface area contributed by atoms with Crippen molar-refractivity contribution >= 4 is 17.3 Å². The Morgan fingerprint density at radius 3 is 2.56 bits per heavy atom. The summed E-state index contributed by atoms with van der Waals surface area (Å²) in [6.45, 7) is 0. The van der Waals surface area contributed by atoms with E-state index >= 15 is 0 Å². The molecule has 1 aromatic rings. The van der Waals surface area contributed by atoms with Crippen LogP contribution < -0.4 is 5.73 Å². The first-order valence-corrected chi connectivity index (χ1v) is 2.89. The van der Waals surface area contributed by atoms with Crippen LogP contribution in [0.5, 0.6) is 5.75 Å². The van der Waals surface area contributed by atoms with Crippen molar-refractivity contribution in [2.75, 3.05) is 0 Å². The van der Waals surface area contributed by atoms with Gasteiger partial charge in [-0.1, -0.05) is 17.7 Å². The molecule has 1 aromatic carbocycles. The quantitative estimate of drug-likeness (QED) is 0.559. The molecule has 0 spiro atoms. The van der Waals surface area contributed by atoms with E-state index in [0.29, 0.717) is 10.7 Å². The number of aromatic hydroxyl groups is 1. The smallest absolute Gasteiger partial charge is 0.196 e. The van der Waals surface area contributed by atoms with Crippen molar-refractivity contribution in [3.63, 3.8) is 0 Å². The number of para-hydroxylation sites is 1. The summed E-state index contributed by atoms with van der Waals surface area (Å²) in [7, 11) is 0. The molecule has 0 saturated heterocycles. The highest BCUT2D eigenvalue weighted by molar-refractivity contribution is 6.32. The third kappa shape index (κ3) is 1.15. The van der Waals surface area contributed by atoms with E-state index < -0.39 is 0 Å². The highest BCUT2D eigenvalue weighted by atomic mass is 35.5. The Balaban J connectivity index is 3.25. The molecule has 2 nitrogen and oxygen atoms in total. The predicted molar refractivity (Wildman–Crippen MR) is 35.7 cm³/mol. The number of benzene rings is 1. The number of hydrogen-bond acceptors (Lipinski definition) is 1.